The molecule has 2 nitrogen and oxygen atoms in total. The molecule has 0 aromatic heterocycles. The normalized spacial score (nSPS) is 10.3. The van der Waals surface area contributed by atoms with Crippen LogP contribution in [0.1, 0.15) is 29.3 Å². The second kappa shape index (κ2) is 5.50. The molecule has 0 heterocycles. The predicted molar refractivity (Wildman–Crippen MR) is 74.4 cm³/mol. The zero-order valence-electron chi connectivity index (χ0n) is 10.5. The van der Waals surface area contributed by atoms with Crippen LogP contribution in [0.3, 0.4) is 0 Å². The lowest BCUT2D eigenvalue weighted by molar-refractivity contribution is 0.100. The highest BCUT2D eigenvalue weighted by molar-refractivity contribution is 6.00. The minimum absolute atomic E-state index is 0.369. The number of nitrogens with two attached hydrogens (primary N) is 1. The maximum absolute atomic E-state index is 11.6. The van der Waals surface area contributed by atoms with E-state index in [0.717, 1.165) is 24.0 Å². The first-order valence-corrected chi connectivity index (χ1v) is 6.21. The van der Waals surface area contributed by atoms with Gasteiger partial charge in [0.1, 0.15) is 0 Å². The summed E-state index contributed by atoms with van der Waals surface area (Å²) in [6.45, 7) is 2.13. The zero-order valence-corrected chi connectivity index (χ0v) is 10.5. The number of primary amides is 1. The molecule has 92 valence electrons. The first-order valence-electron chi connectivity index (χ1n) is 6.21. The molecule has 2 aromatic carbocycles. The van der Waals surface area contributed by atoms with Crippen molar-refractivity contribution < 1.29 is 4.79 Å². The third kappa shape index (κ3) is 2.43. The molecule has 2 heteroatoms. The van der Waals surface area contributed by atoms with Gasteiger partial charge in [0.05, 0.1) is 0 Å². The molecule has 2 N–H and O–H groups in total. The number of hydrogen-bond acceptors (Lipinski definition) is 1. The summed E-state index contributed by atoms with van der Waals surface area (Å²) >= 11 is 0. The Hall–Kier alpha value is -2.09. The van der Waals surface area contributed by atoms with E-state index in [1.165, 1.54) is 5.56 Å². The van der Waals surface area contributed by atoms with Crippen molar-refractivity contribution in [2.75, 3.05) is 0 Å². The zero-order chi connectivity index (χ0) is 13.0. The summed E-state index contributed by atoms with van der Waals surface area (Å²) in [5, 5.41) is 0. The molecular formula is C16H17NO. The Balaban J connectivity index is 2.64. The summed E-state index contributed by atoms with van der Waals surface area (Å²) in [5.74, 6) is -0.369. The van der Waals surface area contributed by atoms with E-state index in [0.29, 0.717) is 5.56 Å². The van der Waals surface area contributed by atoms with Crippen molar-refractivity contribution in [3.63, 3.8) is 0 Å². The van der Waals surface area contributed by atoms with E-state index in [1.807, 2.05) is 36.4 Å². The Kier molecular flexibility index (Phi) is 3.78. The van der Waals surface area contributed by atoms with Gasteiger partial charge in [-0.1, -0.05) is 55.8 Å². The molecule has 0 radical (unpaired) electrons. The summed E-state index contributed by atoms with van der Waals surface area (Å²) in [7, 11) is 0. The summed E-state index contributed by atoms with van der Waals surface area (Å²) in [4.78, 5) is 11.6. The number of carbonyl (C=O) groups is 1. The van der Waals surface area contributed by atoms with Gasteiger partial charge in [0.2, 0.25) is 5.91 Å². The van der Waals surface area contributed by atoms with E-state index in [4.69, 9.17) is 5.73 Å². The summed E-state index contributed by atoms with van der Waals surface area (Å²) in [6, 6.07) is 15.7. The minimum Gasteiger partial charge on any atom is -0.366 e. The third-order valence-corrected chi connectivity index (χ3v) is 3.00. The SMILES string of the molecule is CCCc1cccc(C(N)=O)c1-c1ccccc1. The summed E-state index contributed by atoms with van der Waals surface area (Å²) in [6.07, 6.45) is 1.99. The van der Waals surface area contributed by atoms with Crippen molar-refractivity contribution in [1.29, 1.82) is 0 Å². The third-order valence-electron chi connectivity index (χ3n) is 3.00. The lowest BCUT2D eigenvalue weighted by atomic mass is 9.92. The van der Waals surface area contributed by atoms with Crippen LogP contribution in [0.5, 0.6) is 0 Å². The fraction of sp³-hybridized carbons (Fsp3) is 0.188. The highest BCUT2D eigenvalue weighted by atomic mass is 16.1. The summed E-state index contributed by atoms with van der Waals surface area (Å²) < 4.78 is 0. The van der Waals surface area contributed by atoms with E-state index in [2.05, 4.69) is 13.0 Å². The fourth-order valence-corrected chi connectivity index (χ4v) is 2.23. The molecule has 0 saturated heterocycles. The molecule has 2 rings (SSSR count). The number of carbonyl (C=O) groups excluding carboxylic acids is 1. The van der Waals surface area contributed by atoms with Gasteiger partial charge in [0, 0.05) is 5.56 Å². The molecule has 0 bridgehead atoms. The van der Waals surface area contributed by atoms with Gasteiger partial charge in [-0.3, -0.25) is 4.79 Å². The van der Waals surface area contributed by atoms with Crippen molar-refractivity contribution in [3.8, 4) is 11.1 Å². The molecule has 2 aromatic rings. The van der Waals surface area contributed by atoms with E-state index in [-0.39, 0.29) is 5.91 Å². The van der Waals surface area contributed by atoms with Crippen LogP contribution in [-0.2, 0) is 6.42 Å². The van der Waals surface area contributed by atoms with Crippen LogP contribution in [0.25, 0.3) is 11.1 Å². The first kappa shape index (κ1) is 12.4. The van der Waals surface area contributed by atoms with Crippen molar-refractivity contribution in [3.05, 3.63) is 59.7 Å². The van der Waals surface area contributed by atoms with Gasteiger partial charge < -0.3 is 5.73 Å². The highest BCUT2D eigenvalue weighted by Gasteiger charge is 2.13. The maximum atomic E-state index is 11.6. The standard InChI is InChI=1S/C16H17NO/c1-2-7-12-10-6-11-14(16(17)18)15(12)13-8-4-3-5-9-13/h3-6,8-11H,2,7H2,1H3,(H2,17,18). The average molecular weight is 239 g/mol. The van der Waals surface area contributed by atoms with Gasteiger partial charge >= 0.3 is 0 Å². The Morgan fingerprint density at radius 2 is 1.78 bits per heavy atom. The number of amides is 1. The van der Waals surface area contributed by atoms with Crippen LogP contribution in [0.4, 0.5) is 0 Å². The first-order chi connectivity index (χ1) is 8.74. The molecule has 1 amide bonds. The Labute approximate surface area is 107 Å². The highest BCUT2D eigenvalue weighted by Crippen LogP contribution is 2.28. The van der Waals surface area contributed by atoms with Crippen LogP contribution in [0.2, 0.25) is 0 Å². The molecule has 0 aliphatic rings. The minimum atomic E-state index is -0.369. The van der Waals surface area contributed by atoms with E-state index in [9.17, 15) is 4.79 Å². The lowest BCUT2D eigenvalue weighted by Crippen LogP contribution is -2.13. The van der Waals surface area contributed by atoms with Crippen molar-refractivity contribution >= 4 is 5.91 Å². The Morgan fingerprint density at radius 1 is 1.06 bits per heavy atom. The molecule has 0 fully saturated rings. The van der Waals surface area contributed by atoms with Gasteiger partial charge in [0.25, 0.3) is 0 Å². The predicted octanol–water partition coefficient (Wildman–Crippen LogP) is 3.41. The number of aryl methyl sites for hydroxylation is 1. The number of benzene rings is 2. The molecule has 0 spiro atoms. The van der Waals surface area contributed by atoms with Crippen LogP contribution in [-0.4, -0.2) is 5.91 Å². The number of rotatable bonds is 4. The van der Waals surface area contributed by atoms with Crippen LogP contribution < -0.4 is 5.73 Å². The van der Waals surface area contributed by atoms with Gasteiger partial charge in [-0.05, 0) is 29.2 Å². The van der Waals surface area contributed by atoms with Gasteiger partial charge in [0.15, 0.2) is 0 Å². The van der Waals surface area contributed by atoms with Crippen LogP contribution in [0.15, 0.2) is 48.5 Å². The average Bonchev–Trinajstić information content (AvgIpc) is 2.40. The fourth-order valence-electron chi connectivity index (χ4n) is 2.23. The monoisotopic (exact) mass is 239 g/mol. The molecular weight excluding hydrogens is 222 g/mol. The van der Waals surface area contributed by atoms with Gasteiger partial charge in [-0.25, -0.2) is 0 Å². The molecule has 0 unspecified atom stereocenters. The Bertz CT molecular complexity index is 546. The second-order valence-corrected chi connectivity index (χ2v) is 4.32. The van der Waals surface area contributed by atoms with E-state index >= 15 is 0 Å². The maximum Gasteiger partial charge on any atom is 0.249 e. The Morgan fingerprint density at radius 3 is 2.39 bits per heavy atom. The van der Waals surface area contributed by atoms with Crippen molar-refractivity contribution in [2.45, 2.75) is 19.8 Å². The second-order valence-electron chi connectivity index (χ2n) is 4.32. The van der Waals surface area contributed by atoms with Crippen molar-refractivity contribution in [2.24, 2.45) is 5.73 Å². The lowest BCUT2D eigenvalue weighted by Gasteiger charge is -2.12. The number of hydrogen-bond donors (Lipinski definition) is 1. The van der Waals surface area contributed by atoms with E-state index in [1.54, 1.807) is 6.07 Å². The van der Waals surface area contributed by atoms with Gasteiger partial charge in [-0.2, -0.15) is 0 Å². The van der Waals surface area contributed by atoms with E-state index < -0.39 is 0 Å². The van der Waals surface area contributed by atoms with Crippen LogP contribution >= 0.6 is 0 Å². The molecule has 0 aliphatic heterocycles. The topological polar surface area (TPSA) is 43.1 Å². The van der Waals surface area contributed by atoms with Gasteiger partial charge in [-0.15, -0.1) is 0 Å². The molecule has 18 heavy (non-hydrogen) atoms. The smallest absolute Gasteiger partial charge is 0.249 e. The molecule has 0 aliphatic carbocycles. The molecule has 0 saturated carbocycles. The van der Waals surface area contributed by atoms with Crippen LogP contribution in [0, 0.1) is 0 Å². The summed E-state index contributed by atoms with van der Waals surface area (Å²) in [5.41, 5.74) is 9.29. The van der Waals surface area contributed by atoms with Crippen molar-refractivity contribution in [1.82, 2.24) is 0 Å². The molecule has 0 atom stereocenters. The quantitative estimate of drug-likeness (QED) is 0.873. The largest absolute Gasteiger partial charge is 0.366 e.